The van der Waals surface area contributed by atoms with Crippen LogP contribution in [0.5, 0.6) is 0 Å². The number of sulfone groups is 1. The van der Waals surface area contributed by atoms with Crippen molar-refractivity contribution in [3.05, 3.63) is 0 Å². The van der Waals surface area contributed by atoms with Gasteiger partial charge in [0.05, 0.1) is 5.25 Å². The van der Waals surface area contributed by atoms with Gasteiger partial charge >= 0.3 is 0 Å². The molecule has 1 N–H and O–H groups in total. The second-order valence-electron chi connectivity index (χ2n) is 3.98. The molecule has 0 aromatic rings. The molecule has 1 aliphatic rings. The molecular weight excluding hydrogens is 198 g/mol. The third-order valence-corrected chi connectivity index (χ3v) is 5.37. The van der Waals surface area contributed by atoms with Crippen LogP contribution in [0.1, 0.15) is 39.5 Å². The lowest BCUT2D eigenvalue weighted by Crippen LogP contribution is -2.37. The summed E-state index contributed by atoms with van der Waals surface area (Å²) in [6.07, 6.45) is 3.71. The highest BCUT2D eigenvalue weighted by Crippen LogP contribution is 2.24. The Morgan fingerprint density at radius 1 is 1.14 bits per heavy atom. The van der Waals surface area contributed by atoms with Crippen LogP contribution in [-0.2, 0) is 9.84 Å². The van der Waals surface area contributed by atoms with Gasteiger partial charge in [0.15, 0.2) is 9.84 Å². The van der Waals surface area contributed by atoms with Crippen molar-refractivity contribution in [1.29, 1.82) is 0 Å². The fourth-order valence-corrected chi connectivity index (χ4v) is 3.61. The predicted molar refractivity (Wildman–Crippen MR) is 59.2 cm³/mol. The molecule has 0 amide bonds. The molecule has 14 heavy (non-hydrogen) atoms. The molecular formula is C10H21NO2S. The molecule has 0 aromatic heterocycles. The highest BCUT2D eigenvalue weighted by atomic mass is 32.2. The molecule has 1 saturated carbocycles. The molecule has 0 saturated heterocycles. The Kier molecular flexibility index (Phi) is 4.38. The molecule has 1 fully saturated rings. The Bertz CT molecular complexity index is 253. The summed E-state index contributed by atoms with van der Waals surface area (Å²) in [7, 11) is -2.79. The SMILES string of the molecule is CCNC1CCC(S(=O)(=O)CC)CC1. The van der Waals surface area contributed by atoms with Crippen molar-refractivity contribution < 1.29 is 8.42 Å². The van der Waals surface area contributed by atoms with Gasteiger partial charge in [0.2, 0.25) is 0 Å². The van der Waals surface area contributed by atoms with Gasteiger partial charge in [0.1, 0.15) is 0 Å². The summed E-state index contributed by atoms with van der Waals surface area (Å²) < 4.78 is 23.2. The summed E-state index contributed by atoms with van der Waals surface area (Å²) in [5.41, 5.74) is 0. The Hall–Kier alpha value is -0.0900. The number of nitrogens with one attached hydrogen (secondary N) is 1. The van der Waals surface area contributed by atoms with E-state index in [2.05, 4.69) is 12.2 Å². The topological polar surface area (TPSA) is 46.2 Å². The maximum absolute atomic E-state index is 11.6. The van der Waals surface area contributed by atoms with E-state index in [1.165, 1.54) is 0 Å². The standard InChI is InChI=1S/C10H21NO2S/c1-3-11-9-5-7-10(8-6-9)14(12,13)4-2/h9-11H,3-8H2,1-2H3. The number of hydrogen-bond donors (Lipinski definition) is 1. The third-order valence-electron chi connectivity index (χ3n) is 3.08. The van der Waals surface area contributed by atoms with E-state index >= 15 is 0 Å². The molecule has 0 heterocycles. The Morgan fingerprint density at radius 3 is 2.14 bits per heavy atom. The van der Waals surface area contributed by atoms with Gasteiger partial charge in [-0.25, -0.2) is 8.42 Å². The van der Waals surface area contributed by atoms with Crippen LogP contribution in [0.4, 0.5) is 0 Å². The summed E-state index contributed by atoms with van der Waals surface area (Å²) in [6.45, 7) is 4.82. The maximum Gasteiger partial charge on any atom is 0.152 e. The van der Waals surface area contributed by atoms with E-state index in [1.807, 2.05) is 0 Å². The van der Waals surface area contributed by atoms with Crippen molar-refractivity contribution in [2.45, 2.75) is 50.8 Å². The zero-order chi connectivity index (χ0) is 10.6. The Balaban J connectivity index is 2.43. The van der Waals surface area contributed by atoms with Crippen LogP contribution in [0.3, 0.4) is 0 Å². The average molecular weight is 219 g/mol. The summed E-state index contributed by atoms with van der Waals surface area (Å²) in [5, 5.41) is 3.31. The summed E-state index contributed by atoms with van der Waals surface area (Å²) >= 11 is 0. The lowest BCUT2D eigenvalue weighted by atomic mass is 9.95. The highest BCUT2D eigenvalue weighted by Gasteiger charge is 2.28. The molecule has 0 aliphatic heterocycles. The van der Waals surface area contributed by atoms with E-state index in [0.717, 1.165) is 32.2 Å². The lowest BCUT2D eigenvalue weighted by Gasteiger charge is -2.28. The zero-order valence-electron chi connectivity index (χ0n) is 9.12. The van der Waals surface area contributed by atoms with Gasteiger partial charge in [0.25, 0.3) is 0 Å². The van der Waals surface area contributed by atoms with Crippen LogP contribution < -0.4 is 5.32 Å². The molecule has 0 aromatic carbocycles. The van der Waals surface area contributed by atoms with Crippen molar-refractivity contribution in [3.63, 3.8) is 0 Å². The second kappa shape index (κ2) is 5.12. The van der Waals surface area contributed by atoms with Gasteiger partial charge in [-0.2, -0.15) is 0 Å². The molecule has 0 atom stereocenters. The molecule has 0 bridgehead atoms. The minimum Gasteiger partial charge on any atom is -0.314 e. The number of hydrogen-bond acceptors (Lipinski definition) is 3. The summed E-state index contributed by atoms with van der Waals surface area (Å²) in [5.74, 6) is 0.295. The Morgan fingerprint density at radius 2 is 1.71 bits per heavy atom. The quantitative estimate of drug-likeness (QED) is 0.776. The number of rotatable bonds is 4. The van der Waals surface area contributed by atoms with Gasteiger partial charge in [0, 0.05) is 11.8 Å². The molecule has 0 unspecified atom stereocenters. The van der Waals surface area contributed by atoms with Crippen LogP contribution in [0.15, 0.2) is 0 Å². The van der Waals surface area contributed by atoms with Gasteiger partial charge in [-0.05, 0) is 32.2 Å². The van der Waals surface area contributed by atoms with Crippen molar-refractivity contribution in [3.8, 4) is 0 Å². The maximum atomic E-state index is 11.6. The normalized spacial score (nSPS) is 29.0. The van der Waals surface area contributed by atoms with Crippen molar-refractivity contribution >= 4 is 9.84 Å². The van der Waals surface area contributed by atoms with E-state index in [9.17, 15) is 8.42 Å². The van der Waals surface area contributed by atoms with Crippen LogP contribution in [0.25, 0.3) is 0 Å². The smallest absolute Gasteiger partial charge is 0.152 e. The summed E-state index contributed by atoms with van der Waals surface area (Å²) in [4.78, 5) is 0. The molecule has 1 aliphatic carbocycles. The van der Waals surface area contributed by atoms with Gasteiger partial charge in [-0.15, -0.1) is 0 Å². The minimum absolute atomic E-state index is 0.0672. The predicted octanol–water partition coefficient (Wildman–Crippen LogP) is 1.34. The lowest BCUT2D eigenvalue weighted by molar-refractivity contribution is 0.378. The van der Waals surface area contributed by atoms with E-state index in [4.69, 9.17) is 0 Å². The fourth-order valence-electron chi connectivity index (χ4n) is 2.15. The molecule has 0 radical (unpaired) electrons. The first kappa shape index (κ1) is 12.0. The first-order valence-corrected chi connectivity index (χ1v) is 7.26. The molecule has 0 spiro atoms. The van der Waals surface area contributed by atoms with E-state index in [1.54, 1.807) is 6.92 Å². The van der Waals surface area contributed by atoms with Gasteiger partial charge in [-0.3, -0.25) is 0 Å². The van der Waals surface area contributed by atoms with E-state index < -0.39 is 9.84 Å². The van der Waals surface area contributed by atoms with E-state index in [-0.39, 0.29) is 5.25 Å². The first-order valence-electron chi connectivity index (χ1n) is 5.55. The second-order valence-corrected chi connectivity index (χ2v) is 6.55. The monoisotopic (exact) mass is 219 g/mol. The zero-order valence-corrected chi connectivity index (χ0v) is 9.94. The van der Waals surface area contributed by atoms with E-state index in [0.29, 0.717) is 11.8 Å². The fraction of sp³-hybridized carbons (Fsp3) is 1.00. The summed E-state index contributed by atoms with van der Waals surface area (Å²) in [6, 6.07) is 0.545. The van der Waals surface area contributed by atoms with Crippen molar-refractivity contribution in [2.24, 2.45) is 0 Å². The molecule has 1 rings (SSSR count). The minimum atomic E-state index is -2.79. The highest BCUT2D eigenvalue weighted by molar-refractivity contribution is 7.92. The average Bonchev–Trinajstić information content (AvgIpc) is 2.19. The Labute approximate surface area is 87.2 Å². The molecule has 4 heteroatoms. The third kappa shape index (κ3) is 2.95. The molecule has 84 valence electrons. The van der Waals surface area contributed by atoms with Crippen LogP contribution in [0.2, 0.25) is 0 Å². The van der Waals surface area contributed by atoms with Crippen molar-refractivity contribution in [2.75, 3.05) is 12.3 Å². The largest absolute Gasteiger partial charge is 0.314 e. The van der Waals surface area contributed by atoms with Crippen LogP contribution in [-0.4, -0.2) is 32.0 Å². The van der Waals surface area contributed by atoms with Crippen molar-refractivity contribution in [1.82, 2.24) is 5.32 Å². The van der Waals surface area contributed by atoms with Gasteiger partial charge in [-0.1, -0.05) is 13.8 Å². The first-order chi connectivity index (χ1) is 6.60. The van der Waals surface area contributed by atoms with Crippen LogP contribution in [0, 0.1) is 0 Å². The molecule has 3 nitrogen and oxygen atoms in total. The van der Waals surface area contributed by atoms with Gasteiger partial charge < -0.3 is 5.32 Å². The van der Waals surface area contributed by atoms with Crippen LogP contribution >= 0.6 is 0 Å².